The molecule has 0 spiro atoms. The van der Waals surface area contributed by atoms with Gasteiger partial charge in [0, 0.05) is 25.1 Å². The zero-order chi connectivity index (χ0) is 16.3. The van der Waals surface area contributed by atoms with Crippen molar-refractivity contribution in [3.8, 4) is 11.4 Å². The van der Waals surface area contributed by atoms with Crippen molar-refractivity contribution >= 4 is 5.91 Å². The van der Waals surface area contributed by atoms with Crippen LogP contribution < -0.4 is 11.1 Å². The summed E-state index contributed by atoms with van der Waals surface area (Å²) >= 11 is 0. The van der Waals surface area contributed by atoms with Crippen LogP contribution in [0.5, 0.6) is 0 Å². The summed E-state index contributed by atoms with van der Waals surface area (Å²) in [6.07, 6.45) is 2.44. The van der Waals surface area contributed by atoms with Gasteiger partial charge >= 0.3 is 0 Å². The van der Waals surface area contributed by atoms with Crippen LogP contribution in [-0.4, -0.2) is 46.1 Å². The Balaban J connectivity index is 1.73. The molecule has 0 aliphatic carbocycles. The van der Waals surface area contributed by atoms with Crippen molar-refractivity contribution in [3.63, 3.8) is 0 Å². The maximum atomic E-state index is 11.7. The minimum Gasteiger partial charge on any atom is -0.381 e. The number of ether oxygens (including phenoxy) is 1. The fourth-order valence-electron chi connectivity index (χ4n) is 1.83. The highest BCUT2D eigenvalue weighted by atomic mass is 16.5. The third kappa shape index (κ3) is 6.05. The van der Waals surface area contributed by atoms with Gasteiger partial charge in [0.25, 0.3) is 0 Å². The largest absolute Gasteiger partial charge is 0.381 e. The fourth-order valence-corrected chi connectivity index (χ4v) is 1.83. The predicted octanol–water partition coefficient (Wildman–Crippen LogP) is 0.305. The van der Waals surface area contributed by atoms with E-state index in [0.717, 1.165) is 17.5 Å². The van der Waals surface area contributed by atoms with Gasteiger partial charge in [-0.2, -0.15) is 0 Å². The lowest BCUT2D eigenvalue weighted by Gasteiger charge is -2.07. The molecule has 122 valence electrons. The number of carbonyl (C=O) groups excluding carboxylic acids is 1. The molecule has 0 aliphatic rings. The Morgan fingerprint density at radius 2 is 1.87 bits per heavy atom. The highest BCUT2D eigenvalue weighted by Crippen LogP contribution is 2.13. The molecule has 0 saturated carbocycles. The Bertz CT molecular complexity index is 591. The Kier molecular flexibility index (Phi) is 7.02. The van der Waals surface area contributed by atoms with Gasteiger partial charge in [-0.1, -0.05) is 24.3 Å². The molecule has 0 aliphatic heterocycles. The lowest BCUT2D eigenvalue weighted by molar-refractivity contribution is -0.122. The van der Waals surface area contributed by atoms with Crippen LogP contribution in [0.3, 0.4) is 0 Å². The summed E-state index contributed by atoms with van der Waals surface area (Å²) in [6.45, 7) is 2.07. The van der Waals surface area contributed by atoms with E-state index in [1.807, 2.05) is 24.3 Å². The summed E-state index contributed by atoms with van der Waals surface area (Å²) in [6, 6.07) is 7.56. The molecule has 23 heavy (non-hydrogen) atoms. The first-order valence-electron chi connectivity index (χ1n) is 7.44. The molecule has 0 atom stereocenters. The molecule has 0 bridgehead atoms. The minimum atomic E-state index is -0.0402. The van der Waals surface area contributed by atoms with Crippen molar-refractivity contribution < 1.29 is 9.53 Å². The van der Waals surface area contributed by atoms with Crippen LogP contribution in [-0.2, 0) is 16.1 Å². The summed E-state index contributed by atoms with van der Waals surface area (Å²) in [5, 5.41) is 18.0. The zero-order valence-electron chi connectivity index (χ0n) is 12.8. The van der Waals surface area contributed by atoms with Crippen molar-refractivity contribution in [2.45, 2.75) is 19.4 Å². The third-order valence-corrected chi connectivity index (χ3v) is 3.08. The zero-order valence-corrected chi connectivity index (χ0v) is 12.8. The number of nitrogens with two attached hydrogens (primary N) is 1. The van der Waals surface area contributed by atoms with Gasteiger partial charge in [0.1, 0.15) is 0 Å². The first-order valence-corrected chi connectivity index (χ1v) is 7.44. The van der Waals surface area contributed by atoms with E-state index in [0.29, 0.717) is 38.5 Å². The van der Waals surface area contributed by atoms with Gasteiger partial charge < -0.3 is 15.8 Å². The smallest absolute Gasteiger partial charge is 0.222 e. The lowest BCUT2D eigenvalue weighted by atomic mass is 10.1. The number of hydrogen-bond donors (Lipinski definition) is 2. The van der Waals surface area contributed by atoms with Crippen LogP contribution in [0.25, 0.3) is 11.4 Å². The van der Waals surface area contributed by atoms with E-state index in [1.54, 1.807) is 0 Å². The molecule has 1 heterocycles. The molecular weight excluding hydrogens is 296 g/mol. The second-order valence-corrected chi connectivity index (χ2v) is 4.85. The first-order chi connectivity index (χ1) is 11.3. The Morgan fingerprint density at radius 3 is 2.57 bits per heavy atom. The number of nitrogens with zero attached hydrogens (tertiary/aromatic N) is 4. The molecule has 8 heteroatoms. The molecule has 0 radical (unpaired) electrons. The monoisotopic (exact) mass is 316 g/mol. The van der Waals surface area contributed by atoms with E-state index < -0.39 is 0 Å². The van der Waals surface area contributed by atoms with Crippen LogP contribution >= 0.6 is 0 Å². The molecule has 0 fully saturated rings. The third-order valence-electron chi connectivity index (χ3n) is 3.08. The van der Waals surface area contributed by atoms with E-state index in [2.05, 4.69) is 25.7 Å². The average Bonchev–Trinajstić information content (AvgIpc) is 2.61. The van der Waals surface area contributed by atoms with Gasteiger partial charge in [0.05, 0.1) is 6.61 Å². The molecular formula is C15H20N6O2. The number of amides is 1. The van der Waals surface area contributed by atoms with Crippen molar-refractivity contribution in [2.24, 2.45) is 5.73 Å². The van der Waals surface area contributed by atoms with Gasteiger partial charge in [-0.05, 0) is 18.5 Å². The van der Waals surface area contributed by atoms with Crippen LogP contribution in [0.2, 0.25) is 0 Å². The van der Waals surface area contributed by atoms with Crippen LogP contribution in [0.4, 0.5) is 0 Å². The number of carbonyl (C=O) groups is 1. The molecule has 1 aromatic heterocycles. The predicted molar refractivity (Wildman–Crippen MR) is 84.0 cm³/mol. The van der Waals surface area contributed by atoms with Crippen LogP contribution in [0, 0.1) is 0 Å². The van der Waals surface area contributed by atoms with E-state index in [4.69, 9.17) is 10.5 Å². The Morgan fingerprint density at radius 1 is 1.13 bits per heavy atom. The maximum Gasteiger partial charge on any atom is 0.222 e. The summed E-state index contributed by atoms with van der Waals surface area (Å²) in [5.41, 5.74) is 7.17. The molecule has 2 aromatic rings. The molecule has 0 saturated heterocycles. The van der Waals surface area contributed by atoms with Gasteiger partial charge in [-0.15, -0.1) is 20.4 Å². The number of benzene rings is 1. The molecule has 1 aromatic carbocycles. The van der Waals surface area contributed by atoms with E-state index in [-0.39, 0.29) is 5.91 Å². The van der Waals surface area contributed by atoms with Crippen LogP contribution in [0.1, 0.15) is 18.4 Å². The van der Waals surface area contributed by atoms with Gasteiger partial charge in [0.2, 0.25) is 11.7 Å². The van der Waals surface area contributed by atoms with Crippen LogP contribution in [0.15, 0.2) is 30.6 Å². The molecule has 3 N–H and O–H groups in total. The summed E-state index contributed by atoms with van der Waals surface area (Å²) in [4.78, 5) is 11.7. The van der Waals surface area contributed by atoms with Crippen molar-refractivity contribution in [1.29, 1.82) is 0 Å². The van der Waals surface area contributed by atoms with E-state index >= 15 is 0 Å². The number of hydrogen-bond acceptors (Lipinski definition) is 7. The van der Waals surface area contributed by atoms with Crippen molar-refractivity contribution in [3.05, 3.63) is 36.2 Å². The topological polar surface area (TPSA) is 116 Å². The number of nitrogens with one attached hydrogen (secondary N) is 1. The van der Waals surface area contributed by atoms with E-state index in [1.165, 1.54) is 6.33 Å². The molecule has 8 nitrogen and oxygen atoms in total. The SMILES string of the molecule is NCCCOCCC(=O)NCc1ccc(-c2nncnn2)cc1. The maximum absolute atomic E-state index is 11.7. The number of rotatable bonds is 9. The standard InChI is InChI=1S/C15H20N6O2/c16-7-1-8-23-9-6-14(22)17-10-12-2-4-13(5-3-12)15-20-18-11-19-21-15/h2-5,11H,1,6-10,16H2,(H,17,22). The van der Waals surface area contributed by atoms with Crippen molar-refractivity contribution in [1.82, 2.24) is 25.7 Å². The molecule has 2 rings (SSSR count). The highest BCUT2D eigenvalue weighted by Gasteiger charge is 2.04. The van der Waals surface area contributed by atoms with Gasteiger partial charge in [-0.25, -0.2) is 0 Å². The number of aromatic nitrogens is 4. The second kappa shape index (κ2) is 9.54. The lowest BCUT2D eigenvalue weighted by Crippen LogP contribution is -2.24. The normalized spacial score (nSPS) is 10.5. The van der Waals surface area contributed by atoms with E-state index in [9.17, 15) is 4.79 Å². The van der Waals surface area contributed by atoms with Gasteiger partial charge in [0.15, 0.2) is 6.33 Å². The van der Waals surface area contributed by atoms with Crippen molar-refractivity contribution in [2.75, 3.05) is 19.8 Å². The summed E-state index contributed by atoms with van der Waals surface area (Å²) in [5.74, 6) is 0.430. The van der Waals surface area contributed by atoms with Gasteiger partial charge in [-0.3, -0.25) is 4.79 Å². The average molecular weight is 316 g/mol. The summed E-state index contributed by atoms with van der Waals surface area (Å²) < 4.78 is 5.29. The highest BCUT2D eigenvalue weighted by molar-refractivity contribution is 5.75. The Hall–Kier alpha value is -2.45. The first kappa shape index (κ1) is 16.9. The summed E-state index contributed by atoms with van der Waals surface area (Å²) in [7, 11) is 0. The Labute approximate surface area is 134 Å². The molecule has 0 unspecified atom stereocenters. The fraction of sp³-hybridized carbons (Fsp3) is 0.400. The quantitative estimate of drug-likeness (QED) is 0.639. The molecule has 1 amide bonds. The second-order valence-electron chi connectivity index (χ2n) is 4.85. The minimum absolute atomic E-state index is 0.0402.